The Morgan fingerprint density at radius 1 is 0.556 bits per heavy atom. The summed E-state index contributed by atoms with van der Waals surface area (Å²) in [5.41, 5.74) is 3.65. The van der Waals surface area contributed by atoms with Crippen molar-refractivity contribution in [2.45, 2.75) is 149 Å². The molecule has 0 aliphatic carbocycles. The topological polar surface area (TPSA) is 213 Å². The Labute approximate surface area is 718 Å². The Bertz CT molecular complexity index is 5540. The molecule has 0 unspecified atom stereocenters. The Kier molecular flexibility index (Phi) is 32.0. The fraction of sp³-hybridized carbons (Fsp3) is 0.417. The molecule has 0 spiro atoms. The van der Waals surface area contributed by atoms with E-state index in [1.54, 1.807) is 40.2 Å². The number of hydrogen-bond donors (Lipinski definition) is 1. The van der Waals surface area contributed by atoms with E-state index < -0.39 is 39.8 Å². The van der Waals surface area contributed by atoms with E-state index in [4.69, 9.17) is 31.7 Å². The van der Waals surface area contributed by atoms with E-state index in [0.29, 0.717) is 46.2 Å². The van der Waals surface area contributed by atoms with Gasteiger partial charge in [-0.3, -0.25) is 33.3 Å². The molecule has 624 valence electrons. The standard InChI is InChI=1S/C25H28N6OS.C21H21BrN6S.C16H18F3N3O3S.C6H4BrN3S.C4H7O.3C4H9.Sn/c1-5-32-17(2)18-6-9-24-27-28-25(31(24)15-18)33-22-7-8-23-19(13-22)12-21(14-26-23)30-11-10-20(16-30)29(3)4;1-26(2)16-7-8-27(13-16)17-9-14-10-18(4-5-19(14)23-11-17)29-21-25-24-20-6-3-15(22)12-28(20)21;1-21(2)12-5-6-22(10-12)13-7-11-8-14(3-4-15(11)20-9-13)25-26(23,24)16(17,18)19;7-4-1-2-5-8-9-6(11)10(5)3-4;1-3-5-4-2;3*1-3-4-2;/h6-9,12-15,20H,2,5,10-11,16H2,1,3-4H3;3-6,9-12,16H,7-8,13H2,1-2H3;3-4,7-9,12H,5-6,10H2,1-2H3;1-3H,(H,9,11);1,4H2,2H3;3*1,3-4H2,2H3;/t20-;16-;12-;;;;;;/m000....../s1. The number of pyridine rings is 6. The summed E-state index contributed by atoms with van der Waals surface area (Å²) in [6, 6.07) is 36.0. The molecular weight excluding hydrogens is 1800 g/mol. The van der Waals surface area contributed by atoms with Crippen LogP contribution in [0.25, 0.3) is 55.4 Å². The van der Waals surface area contributed by atoms with Crippen molar-refractivity contribution in [3.05, 3.63) is 183 Å². The minimum Gasteiger partial charge on any atom is -0.376 e. The number of hydrogen-bond acceptors (Lipinski definition) is 22. The van der Waals surface area contributed by atoms with Crippen molar-refractivity contribution in [2.24, 2.45) is 0 Å². The third-order valence-electron chi connectivity index (χ3n) is 21.3. The van der Waals surface area contributed by atoms with Crippen LogP contribution in [0.3, 0.4) is 0 Å². The Hall–Kier alpha value is -7.67. The number of anilines is 3. The molecule has 23 nitrogen and oxygen atoms in total. The molecule has 3 aromatic carbocycles. The number of nitrogens with one attached hydrogen (secondary N) is 1. The molecule has 9 aromatic heterocycles. The van der Waals surface area contributed by atoms with Gasteiger partial charge in [-0.05, 0) is 245 Å². The van der Waals surface area contributed by atoms with Gasteiger partial charge in [0.1, 0.15) is 11.5 Å². The summed E-state index contributed by atoms with van der Waals surface area (Å²) in [5.74, 6) is 0.244. The van der Waals surface area contributed by atoms with Crippen molar-refractivity contribution in [1.82, 2.24) is 73.4 Å². The van der Waals surface area contributed by atoms with Crippen molar-refractivity contribution in [3.63, 3.8) is 0 Å². The van der Waals surface area contributed by atoms with Gasteiger partial charge in [-0.1, -0.05) is 6.58 Å². The van der Waals surface area contributed by atoms with Crippen LogP contribution in [-0.2, 0) is 19.6 Å². The number of rotatable bonds is 27. The maximum atomic E-state index is 12.5. The molecule has 3 aliphatic rings. The van der Waals surface area contributed by atoms with E-state index in [1.165, 1.54) is 92.0 Å². The number of benzene rings is 3. The van der Waals surface area contributed by atoms with Crippen molar-refractivity contribution in [1.29, 1.82) is 0 Å². The summed E-state index contributed by atoms with van der Waals surface area (Å²) in [6.07, 6.45) is 23.0. The molecule has 0 amide bonds. The number of halogens is 5. The first-order valence-electron chi connectivity index (χ1n) is 39.6. The molecule has 3 saturated heterocycles. The summed E-state index contributed by atoms with van der Waals surface area (Å²) >= 11 is 12.8. The SMILES string of the molecule is C=C(OCC)c1ccc2nnc(Sc3ccc4ncc(N5CC[C@H](N(C)C)C5)cc4c3)n2c1.C=[C](OCC)[Sn]([CH2]CCC)([CH2]CCC)[CH2]CCC.CN(C)[C@H]1CCN(c2cnc3ccc(OS(=O)(=O)C(F)(F)F)cc3c2)C1.CN(C)[C@H]1CCN(c2cnc3ccc(Sc4nnc5ccc(Br)cn45)cc3c2)C1.S=c1[nH]nc2ccc(Br)cn12. The Balaban J connectivity index is 0.000000149. The summed E-state index contributed by atoms with van der Waals surface area (Å²) in [5, 5.41) is 28.4. The quantitative estimate of drug-likeness (QED) is 0.0167. The molecule has 15 rings (SSSR count). The fourth-order valence-corrected chi connectivity index (χ4v) is 32.1. The van der Waals surface area contributed by atoms with E-state index in [0.717, 1.165) is 137 Å². The van der Waals surface area contributed by atoms with Gasteiger partial charge in [0.05, 0.1) is 58.8 Å². The molecule has 3 atom stereocenters. The third kappa shape index (κ3) is 23.5. The van der Waals surface area contributed by atoms with Gasteiger partial charge in [0.15, 0.2) is 32.0 Å². The summed E-state index contributed by atoms with van der Waals surface area (Å²) in [4.78, 5) is 29.7. The van der Waals surface area contributed by atoms with E-state index >= 15 is 0 Å². The third-order valence-corrected chi connectivity index (χ3v) is 40.4. The van der Waals surface area contributed by atoms with Crippen LogP contribution < -0.4 is 18.9 Å². The van der Waals surface area contributed by atoms with Gasteiger partial charge in [-0.2, -0.15) is 26.7 Å². The zero-order valence-corrected chi connectivity index (χ0v) is 77.6. The molecule has 0 radical (unpaired) electrons. The van der Waals surface area contributed by atoms with Crippen LogP contribution in [-0.4, -0.2) is 219 Å². The van der Waals surface area contributed by atoms with Gasteiger partial charge in [-0.25, -0.2) is 0 Å². The van der Waals surface area contributed by atoms with Gasteiger partial charge in [-0.15, -0.1) is 20.4 Å². The normalized spacial score (nSPS) is 15.8. The number of aromatic nitrogens is 12. The minimum atomic E-state index is -5.70. The first-order valence-corrected chi connectivity index (χ1v) is 52.1. The second-order valence-corrected chi connectivity index (χ2v) is 49.0. The molecule has 1 N–H and O–H groups in total. The maximum absolute atomic E-state index is 12.5. The van der Waals surface area contributed by atoms with Crippen molar-refractivity contribution in [2.75, 3.05) is 109 Å². The molecule has 33 heteroatoms. The molecule has 0 saturated carbocycles. The summed E-state index contributed by atoms with van der Waals surface area (Å²) < 4.78 is 89.4. The summed E-state index contributed by atoms with van der Waals surface area (Å²) in [7, 11) is 6.94. The van der Waals surface area contributed by atoms with Crippen LogP contribution in [0.15, 0.2) is 192 Å². The summed E-state index contributed by atoms with van der Waals surface area (Å²) in [6.45, 7) is 26.6. The smallest absolute Gasteiger partial charge is 0.376 e. The minimum absolute atomic E-state index is 0.402. The Morgan fingerprint density at radius 2 is 0.974 bits per heavy atom. The second-order valence-electron chi connectivity index (χ2n) is 30.0. The Morgan fingerprint density at radius 3 is 1.40 bits per heavy atom. The van der Waals surface area contributed by atoms with Crippen LogP contribution in [0.4, 0.5) is 30.2 Å². The number of nitrogens with zero attached hydrogens (tertiary/aromatic N) is 17. The molecular formula is C84H105Br2F3N18O5S4Sn. The number of unbranched alkanes of at least 4 members (excludes halogenated alkanes) is 3. The predicted molar refractivity (Wildman–Crippen MR) is 480 cm³/mol. The molecule has 117 heavy (non-hydrogen) atoms. The van der Waals surface area contributed by atoms with E-state index in [2.05, 4.69) is 219 Å². The predicted octanol–water partition coefficient (Wildman–Crippen LogP) is 19.6. The van der Waals surface area contributed by atoms with Gasteiger partial charge < -0.3 is 38.3 Å². The first kappa shape index (κ1) is 90.1. The molecule has 3 aliphatic heterocycles. The molecule has 0 bridgehead atoms. The first-order chi connectivity index (χ1) is 56.1. The van der Waals surface area contributed by atoms with Crippen LogP contribution in [0.2, 0.25) is 13.3 Å². The zero-order chi connectivity index (χ0) is 83.7. The van der Waals surface area contributed by atoms with Gasteiger partial charge >= 0.3 is 135 Å². The van der Waals surface area contributed by atoms with E-state index in [9.17, 15) is 21.6 Å². The van der Waals surface area contributed by atoms with Gasteiger partial charge in [0, 0.05) is 116 Å². The zero-order valence-electron chi connectivity index (χ0n) is 68.3. The second kappa shape index (κ2) is 41.5. The van der Waals surface area contributed by atoms with Gasteiger partial charge in [0.2, 0.25) is 0 Å². The van der Waals surface area contributed by atoms with E-state index in [-0.39, 0.29) is 0 Å². The van der Waals surface area contributed by atoms with Crippen LogP contribution in [0.1, 0.15) is 98.0 Å². The number of fused-ring (bicyclic) bond motifs is 6. The van der Waals surface area contributed by atoms with Crippen LogP contribution >= 0.6 is 67.6 Å². The fourth-order valence-electron chi connectivity index (χ4n) is 14.4. The maximum Gasteiger partial charge on any atom is 0.534 e. The molecule has 3 fully saturated rings. The monoisotopic (exact) mass is 1910 g/mol. The number of alkyl halides is 3. The van der Waals surface area contributed by atoms with Crippen LogP contribution in [0, 0.1) is 4.77 Å². The number of likely N-dealkylation sites (N-methyl/N-ethyl adjacent to an activating group) is 3. The number of ether oxygens (including phenoxy) is 2. The van der Waals surface area contributed by atoms with Crippen LogP contribution in [0.5, 0.6) is 5.75 Å². The molecule has 12 heterocycles. The van der Waals surface area contributed by atoms with Crippen molar-refractivity contribution in [3.8, 4) is 5.75 Å². The van der Waals surface area contributed by atoms with Crippen molar-refractivity contribution < 1.29 is 35.2 Å². The van der Waals surface area contributed by atoms with Crippen molar-refractivity contribution >= 4 is 169 Å². The largest absolute Gasteiger partial charge is 0.534 e. The number of H-pyrrole nitrogens is 1. The van der Waals surface area contributed by atoms with Gasteiger partial charge in [0.25, 0.3) is 0 Å². The average Bonchev–Trinajstić information content (AvgIpc) is 1.74. The molecule has 12 aromatic rings. The average molecular weight is 1910 g/mol. The number of aromatic amines is 1. The van der Waals surface area contributed by atoms with E-state index in [1.807, 2.05) is 97.2 Å².